The van der Waals surface area contributed by atoms with Crippen molar-refractivity contribution in [3.8, 4) is 17.2 Å². The second-order valence-corrected chi connectivity index (χ2v) is 15.3. The molecule has 0 radical (unpaired) electrons. The van der Waals surface area contributed by atoms with Crippen molar-refractivity contribution in [2.45, 2.75) is 74.0 Å². The fraction of sp³-hybridized carbons (Fsp3) is 0.545. The van der Waals surface area contributed by atoms with Gasteiger partial charge >= 0.3 is 6.09 Å². The maximum absolute atomic E-state index is 14.2. The Bertz CT molecular complexity index is 1670. The van der Waals surface area contributed by atoms with Gasteiger partial charge in [-0.3, -0.25) is 4.90 Å². The molecule has 2 aliphatic carbocycles. The Morgan fingerprint density at radius 2 is 1.74 bits per heavy atom. The molecular formula is C44H60N2O10S. The van der Waals surface area contributed by atoms with Crippen LogP contribution in [-0.2, 0) is 19.0 Å². The first-order valence-corrected chi connectivity index (χ1v) is 21.3. The Balaban J connectivity index is 1.73. The van der Waals surface area contributed by atoms with Gasteiger partial charge in [0.1, 0.15) is 30.4 Å². The third-order valence-corrected chi connectivity index (χ3v) is 11.8. The number of carbonyl (C=O) groups is 1. The lowest BCUT2D eigenvalue weighted by molar-refractivity contribution is -0.256. The molecule has 57 heavy (non-hydrogen) atoms. The Morgan fingerprint density at radius 3 is 2.42 bits per heavy atom. The van der Waals surface area contributed by atoms with E-state index >= 15 is 0 Å². The minimum Gasteiger partial charge on any atom is -0.459 e. The average Bonchev–Trinajstić information content (AvgIpc) is 3.22. The van der Waals surface area contributed by atoms with E-state index in [-0.39, 0.29) is 77.0 Å². The molecule has 1 amide bonds. The largest absolute Gasteiger partial charge is 0.459 e. The Labute approximate surface area is 341 Å². The molecule has 6 atom stereocenters. The van der Waals surface area contributed by atoms with Crippen molar-refractivity contribution in [1.82, 2.24) is 4.90 Å². The molecule has 3 aliphatic rings. The molecule has 0 spiro atoms. The molecule has 3 N–H and O–H groups in total. The third kappa shape index (κ3) is 10.6. The third-order valence-electron chi connectivity index (χ3n) is 11.0. The molecule has 5 rings (SSSR count). The van der Waals surface area contributed by atoms with Crippen molar-refractivity contribution in [2.24, 2.45) is 22.9 Å². The van der Waals surface area contributed by atoms with Crippen molar-refractivity contribution in [3.05, 3.63) is 85.0 Å². The number of carbonyl (C=O) groups excluding carboxylic acids is 1. The number of ether oxygens (including phenoxy) is 5. The number of hydrogen-bond acceptors (Lipinski definition) is 12. The van der Waals surface area contributed by atoms with E-state index in [1.165, 1.54) is 7.11 Å². The van der Waals surface area contributed by atoms with Crippen LogP contribution in [0.5, 0.6) is 17.2 Å². The molecule has 13 heteroatoms. The van der Waals surface area contributed by atoms with Crippen LogP contribution in [0.3, 0.4) is 0 Å². The van der Waals surface area contributed by atoms with Gasteiger partial charge in [0, 0.05) is 42.6 Å². The molecule has 0 saturated heterocycles. The molecule has 2 aromatic rings. The topological polar surface area (TPSA) is 149 Å². The molecule has 0 unspecified atom stereocenters. The number of amides is 1. The number of rotatable bonds is 24. The van der Waals surface area contributed by atoms with Gasteiger partial charge in [0.2, 0.25) is 5.79 Å². The summed E-state index contributed by atoms with van der Waals surface area (Å²) in [7, 11) is 1.52. The zero-order chi connectivity index (χ0) is 40.6. The van der Waals surface area contributed by atoms with Gasteiger partial charge < -0.3 is 43.8 Å². The Hall–Kier alpha value is -3.85. The number of allylic oxidation sites excluding steroid dienone is 1. The van der Waals surface area contributed by atoms with Crippen LogP contribution in [0, 0.1) is 17.8 Å². The number of nitrogens with zero attached hydrogens (tertiary/aromatic N) is 2. The number of benzene rings is 2. The highest BCUT2D eigenvalue weighted by Crippen LogP contribution is 2.62. The van der Waals surface area contributed by atoms with E-state index in [0.717, 1.165) is 41.7 Å². The minimum absolute atomic E-state index is 0.0536. The van der Waals surface area contributed by atoms with Crippen molar-refractivity contribution in [2.75, 3.05) is 66.2 Å². The number of fused-ring (bicyclic) bond motifs is 2. The van der Waals surface area contributed by atoms with E-state index in [1.807, 2.05) is 42.7 Å². The van der Waals surface area contributed by atoms with Gasteiger partial charge in [-0.1, -0.05) is 36.2 Å². The summed E-state index contributed by atoms with van der Waals surface area (Å²) in [5, 5.41) is 33.8. The second kappa shape index (κ2) is 22.3. The number of hydrogen-bond donors (Lipinski definition) is 3. The molecule has 12 nitrogen and oxygen atoms in total. The predicted molar refractivity (Wildman–Crippen MR) is 221 cm³/mol. The average molecular weight is 809 g/mol. The first-order valence-electron chi connectivity index (χ1n) is 20.1. The van der Waals surface area contributed by atoms with Crippen LogP contribution in [-0.4, -0.2) is 110 Å². The van der Waals surface area contributed by atoms with Gasteiger partial charge in [0.25, 0.3) is 0 Å². The molecule has 312 valence electrons. The standard InChI is InChI=1S/C44H60N2O10S/c1-5-7-25-53-43(50)46(20-26-52-27-23-49)40-30-38(45-51-3)36-28-31(12-8-10-21-47)35(13-9-11-22-48)41-37-29-33(55-32-14-17-34(57-4)18-15-32)16-19-39(37)56-44(40,42(36)41)54-24-6-2/h5-6,14-19,28-29,31,35,40-42,47-49H,1-2,7-13,20-27,30H2,3-4H3/t31-,35+,40-,41+,42+,44+/m0/s1. The van der Waals surface area contributed by atoms with Crippen molar-refractivity contribution >= 4 is 23.6 Å². The van der Waals surface area contributed by atoms with Crippen LogP contribution in [0.1, 0.15) is 62.8 Å². The Morgan fingerprint density at radius 1 is 0.982 bits per heavy atom. The highest BCUT2D eigenvalue weighted by molar-refractivity contribution is 7.98. The maximum Gasteiger partial charge on any atom is 0.410 e. The van der Waals surface area contributed by atoms with E-state index in [1.54, 1.807) is 28.8 Å². The molecule has 1 fully saturated rings. The summed E-state index contributed by atoms with van der Waals surface area (Å²) >= 11 is 1.66. The predicted octanol–water partition coefficient (Wildman–Crippen LogP) is 7.49. The summed E-state index contributed by atoms with van der Waals surface area (Å²) in [4.78, 5) is 22.5. The number of aliphatic hydroxyl groups is 3. The fourth-order valence-electron chi connectivity index (χ4n) is 8.62. The van der Waals surface area contributed by atoms with Gasteiger partial charge in [0.05, 0.1) is 44.7 Å². The summed E-state index contributed by atoms with van der Waals surface area (Å²) < 4.78 is 32.2. The van der Waals surface area contributed by atoms with Gasteiger partial charge in [-0.25, -0.2) is 4.79 Å². The minimum atomic E-state index is -1.44. The maximum atomic E-state index is 14.2. The van der Waals surface area contributed by atoms with Crippen LogP contribution in [0.25, 0.3) is 0 Å². The van der Waals surface area contributed by atoms with E-state index in [0.29, 0.717) is 42.2 Å². The van der Waals surface area contributed by atoms with Gasteiger partial charge in [-0.05, 0) is 98.2 Å². The molecular weight excluding hydrogens is 749 g/mol. The quantitative estimate of drug-likeness (QED) is 0.0420. The number of aliphatic hydroxyl groups excluding tert-OH is 3. The van der Waals surface area contributed by atoms with E-state index in [2.05, 4.69) is 30.5 Å². The van der Waals surface area contributed by atoms with Crippen LogP contribution in [0.4, 0.5) is 4.79 Å². The van der Waals surface area contributed by atoms with Crippen LogP contribution < -0.4 is 9.47 Å². The summed E-state index contributed by atoms with van der Waals surface area (Å²) in [5.74, 6) is -0.0255. The van der Waals surface area contributed by atoms with Crippen LogP contribution in [0.15, 0.2) is 89.5 Å². The van der Waals surface area contributed by atoms with Crippen molar-refractivity contribution in [3.63, 3.8) is 0 Å². The number of oxime groups is 1. The normalized spacial score (nSPS) is 24.1. The molecule has 1 saturated carbocycles. The lowest BCUT2D eigenvalue weighted by Gasteiger charge is -2.59. The van der Waals surface area contributed by atoms with Crippen LogP contribution >= 0.6 is 11.8 Å². The monoisotopic (exact) mass is 808 g/mol. The number of unbranched alkanes of at least 4 members (excludes halogenated alkanes) is 2. The second-order valence-electron chi connectivity index (χ2n) is 14.5. The summed E-state index contributed by atoms with van der Waals surface area (Å²) in [5.41, 5.74) is 2.55. The molecule has 1 aliphatic heterocycles. The van der Waals surface area contributed by atoms with Gasteiger partial charge in [0.15, 0.2) is 0 Å². The van der Waals surface area contributed by atoms with Crippen molar-refractivity contribution in [1.29, 1.82) is 0 Å². The summed E-state index contributed by atoms with van der Waals surface area (Å²) in [6, 6.07) is 13.1. The van der Waals surface area contributed by atoms with Gasteiger partial charge in [-0.15, -0.1) is 24.9 Å². The molecule has 1 heterocycles. The highest BCUT2D eigenvalue weighted by atomic mass is 32.2. The molecule has 0 bridgehead atoms. The van der Waals surface area contributed by atoms with E-state index < -0.39 is 23.8 Å². The zero-order valence-corrected chi connectivity index (χ0v) is 34.2. The first-order chi connectivity index (χ1) is 27.9. The SMILES string of the molecule is C=CCCOC(=O)N(CCOCCO)[C@H]1CC(=NOC)C2=C[C@H](CCCCO)[C@@H](CCCCO)[C@@H]3c4cc(Oc5ccc(SC)cc5)ccc4O[C@@]1(OCC=C)[C@H]23. The lowest BCUT2D eigenvalue weighted by atomic mass is 9.55. The van der Waals surface area contributed by atoms with E-state index in [9.17, 15) is 20.1 Å². The molecule has 2 aromatic carbocycles. The summed E-state index contributed by atoms with van der Waals surface area (Å²) in [6.07, 6.45) is 12.4. The van der Waals surface area contributed by atoms with Crippen LogP contribution in [0.2, 0.25) is 0 Å². The molecule has 0 aromatic heterocycles. The number of thioether (sulfide) groups is 1. The first kappa shape index (κ1) is 44.3. The zero-order valence-electron chi connectivity index (χ0n) is 33.4. The fourth-order valence-corrected chi connectivity index (χ4v) is 9.03. The van der Waals surface area contributed by atoms with Gasteiger partial charge in [-0.2, -0.15) is 0 Å². The van der Waals surface area contributed by atoms with Crippen molar-refractivity contribution < 1.29 is 48.6 Å². The Kier molecular flexibility index (Phi) is 17.3. The smallest absolute Gasteiger partial charge is 0.410 e. The lowest BCUT2D eigenvalue weighted by Crippen LogP contribution is -2.70. The summed E-state index contributed by atoms with van der Waals surface area (Å²) in [6.45, 7) is 8.42. The van der Waals surface area contributed by atoms with E-state index in [4.69, 9.17) is 28.5 Å². The highest BCUT2D eigenvalue weighted by Gasteiger charge is 2.65.